The largest absolute Gasteiger partial charge is 0.508 e. The molecular formula is C9H9NO3S. The highest BCUT2D eigenvalue weighted by Crippen LogP contribution is 2.40. The number of ether oxygens (including phenoxy) is 2. The first-order chi connectivity index (χ1) is 6.72. The van der Waals surface area contributed by atoms with Crippen LogP contribution in [0.1, 0.15) is 0 Å². The van der Waals surface area contributed by atoms with Gasteiger partial charge in [0.2, 0.25) is 0 Å². The lowest BCUT2D eigenvalue weighted by atomic mass is 10.2. The van der Waals surface area contributed by atoms with Crippen molar-refractivity contribution in [1.82, 2.24) is 0 Å². The summed E-state index contributed by atoms with van der Waals surface area (Å²) in [6.07, 6.45) is 0. The number of nitrogens with zero attached hydrogens (tertiary/aromatic N) is 1. The highest BCUT2D eigenvalue weighted by atomic mass is 32.1. The zero-order valence-electron chi connectivity index (χ0n) is 7.77. The Kier molecular flexibility index (Phi) is 3.45. The first kappa shape index (κ1) is 10.5. The minimum absolute atomic E-state index is 0.0435. The van der Waals surface area contributed by atoms with Crippen molar-refractivity contribution in [3.05, 3.63) is 12.1 Å². The molecule has 74 valence electrons. The first-order valence-electron chi connectivity index (χ1n) is 3.75. The molecule has 0 spiro atoms. The molecule has 0 saturated heterocycles. The van der Waals surface area contributed by atoms with Gasteiger partial charge in [-0.25, -0.2) is 0 Å². The van der Waals surface area contributed by atoms with E-state index >= 15 is 0 Å². The molecule has 1 aromatic rings. The molecular weight excluding hydrogens is 202 g/mol. The fraction of sp³-hybridized carbons (Fsp3) is 0.222. The van der Waals surface area contributed by atoms with Crippen molar-refractivity contribution in [3.8, 4) is 17.2 Å². The number of phenolic OH excluding ortho intramolecular Hbond substituents is 1. The van der Waals surface area contributed by atoms with Gasteiger partial charge in [0.05, 0.1) is 19.4 Å². The maximum absolute atomic E-state index is 9.30. The Hall–Kier alpha value is -1.58. The van der Waals surface area contributed by atoms with Crippen LogP contribution in [0.15, 0.2) is 17.1 Å². The number of aliphatic imine (C=N–C) groups is 1. The molecule has 0 bridgehead atoms. The summed E-state index contributed by atoms with van der Waals surface area (Å²) in [5.74, 6) is 0.820. The number of phenols is 1. The maximum Gasteiger partial charge on any atom is 0.158 e. The van der Waals surface area contributed by atoms with Gasteiger partial charge in [-0.1, -0.05) is 0 Å². The average Bonchev–Trinajstić information content (AvgIpc) is 2.20. The van der Waals surface area contributed by atoms with Crippen LogP contribution in [0.5, 0.6) is 17.2 Å². The Morgan fingerprint density at radius 1 is 1.29 bits per heavy atom. The lowest BCUT2D eigenvalue weighted by molar-refractivity contribution is 0.387. The van der Waals surface area contributed by atoms with E-state index in [2.05, 4.69) is 22.4 Å². The second kappa shape index (κ2) is 4.60. The fourth-order valence-electron chi connectivity index (χ4n) is 1.04. The molecule has 14 heavy (non-hydrogen) atoms. The van der Waals surface area contributed by atoms with Crippen LogP contribution < -0.4 is 9.47 Å². The molecule has 0 fully saturated rings. The normalized spacial score (nSPS) is 9.00. The van der Waals surface area contributed by atoms with Crippen LogP contribution in [0.4, 0.5) is 5.69 Å². The Balaban J connectivity index is 3.39. The van der Waals surface area contributed by atoms with Crippen molar-refractivity contribution in [1.29, 1.82) is 0 Å². The number of aromatic hydroxyl groups is 1. The molecule has 0 atom stereocenters. The van der Waals surface area contributed by atoms with E-state index < -0.39 is 0 Å². The van der Waals surface area contributed by atoms with Gasteiger partial charge in [-0.15, -0.1) is 0 Å². The zero-order chi connectivity index (χ0) is 10.6. The van der Waals surface area contributed by atoms with Crippen LogP contribution in [-0.4, -0.2) is 24.5 Å². The monoisotopic (exact) mass is 211 g/mol. The van der Waals surface area contributed by atoms with Crippen LogP contribution in [-0.2, 0) is 0 Å². The van der Waals surface area contributed by atoms with E-state index in [-0.39, 0.29) is 5.75 Å². The van der Waals surface area contributed by atoms with E-state index in [1.54, 1.807) is 0 Å². The van der Waals surface area contributed by atoms with Crippen LogP contribution >= 0.6 is 12.2 Å². The number of benzene rings is 1. The van der Waals surface area contributed by atoms with Crippen molar-refractivity contribution in [3.63, 3.8) is 0 Å². The smallest absolute Gasteiger partial charge is 0.158 e. The van der Waals surface area contributed by atoms with E-state index in [1.165, 1.54) is 26.4 Å². The molecule has 0 aliphatic carbocycles. The Labute approximate surface area is 86.8 Å². The molecule has 0 heterocycles. The summed E-state index contributed by atoms with van der Waals surface area (Å²) in [7, 11) is 2.94. The average molecular weight is 211 g/mol. The van der Waals surface area contributed by atoms with Crippen molar-refractivity contribution in [2.45, 2.75) is 0 Å². The molecule has 1 N–H and O–H groups in total. The molecule has 0 unspecified atom stereocenters. The Morgan fingerprint density at radius 3 is 2.14 bits per heavy atom. The van der Waals surface area contributed by atoms with Gasteiger partial charge in [0.25, 0.3) is 0 Å². The van der Waals surface area contributed by atoms with Gasteiger partial charge in [-0.3, -0.25) is 0 Å². The SMILES string of the molecule is COc1cc(O)cc(OC)c1N=C=S. The minimum atomic E-state index is 0.0435. The predicted octanol–water partition coefficient (Wildman–Crippen LogP) is 2.14. The molecule has 5 heteroatoms. The molecule has 0 aliphatic rings. The molecule has 0 amide bonds. The van der Waals surface area contributed by atoms with Crippen LogP contribution in [0.25, 0.3) is 0 Å². The molecule has 0 saturated carbocycles. The number of isothiocyanates is 1. The highest BCUT2D eigenvalue weighted by Gasteiger charge is 2.10. The van der Waals surface area contributed by atoms with E-state index in [0.717, 1.165) is 0 Å². The summed E-state index contributed by atoms with van der Waals surface area (Å²) in [5, 5.41) is 11.5. The summed E-state index contributed by atoms with van der Waals surface area (Å²) < 4.78 is 10.0. The topological polar surface area (TPSA) is 51.0 Å². The second-order valence-electron chi connectivity index (χ2n) is 2.40. The van der Waals surface area contributed by atoms with E-state index in [1.807, 2.05) is 0 Å². The maximum atomic E-state index is 9.30. The van der Waals surface area contributed by atoms with E-state index in [0.29, 0.717) is 17.2 Å². The standard InChI is InChI=1S/C9H9NO3S/c1-12-7-3-6(11)4-8(13-2)9(7)10-5-14/h3-4,11H,1-2H3. The zero-order valence-corrected chi connectivity index (χ0v) is 8.59. The Bertz CT molecular complexity index is 361. The van der Waals surface area contributed by atoms with Gasteiger partial charge in [-0.05, 0) is 12.2 Å². The number of rotatable bonds is 3. The highest BCUT2D eigenvalue weighted by molar-refractivity contribution is 7.78. The second-order valence-corrected chi connectivity index (χ2v) is 2.58. The fourth-order valence-corrected chi connectivity index (χ4v) is 1.13. The number of hydrogen-bond acceptors (Lipinski definition) is 5. The summed E-state index contributed by atoms with van der Waals surface area (Å²) in [4.78, 5) is 3.79. The van der Waals surface area contributed by atoms with Crippen molar-refractivity contribution < 1.29 is 14.6 Å². The lowest BCUT2D eigenvalue weighted by Gasteiger charge is -2.08. The number of hydrogen-bond donors (Lipinski definition) is 1. The van der Waals surface area contributed by atoms with Crippen LogP contribution in [0, 0.1) is 0 Å². The van der Waals surface area contributed by atoms with E-state index in [4.69, 9.17) is 9.47 Å². The molecule has 4 nitrogen and oxygen atoms in total. The first-order valence-corrected chi connectivity index (χ1v) is 4.16. The van der Waals surface area contributed by atoms with Gasteiger partial charge in [-0.2, -0.15) is 4.99 Å². The van der Waals surface area contributed by atoms with E-state index in [9.17, 15) is 5.11 Å². The van der Waals surface area contributed by atoms with Crippen LogP contribution in [0.3, 0.4) is 0 Å². The third-order valence-corrected chi connectivity index (χ3v) is 1.71. The molecule has 0 aromatic heterocycles. The summed E-state index contributed by atoms with van der Waals surface area (Å²) in [5.41, 5.74) is 0.419. The molecule has 1 aromatic carbocycles. The minimum Gasteiger partial charge on any atom is -0.508 e. The quantitative estimate of drug-likeness (QED) is 0.614. The van der Waals surface area contributed by atoms with Crippen LogP contribution in [0.2, 0.25) is 0 Å². The Morgan fingerprint density at radius 2 is 1.79 bits per heavy atom. The van der Waals surface area contributed by atoms with Gasteiger partial charge in [0, 0.05) is 12.1 Å². The number of methoxy groups -OCH3 is 2. The molecule has 1 rings (SSSR count). The summed E-state index contributed by atoms with van der Waals surface area (Å²) in [6.45, 7) is 0. The van der Waals surface area contributed by atoms with Gasteiger partial charge >= 0.3 is 0 Å². The third kappa shape index (κ3) is 2.02. The third-order valence-electron chi connectivity index (χ3n) is 1.62. The van der Waals surface area contributed by atoms with Crippen molar-refractivity contribution >= 4 is 23.1 Å². The lowest BCUT2D eigenvalue weighted by Crippen LogP contribution is -1.88. The van der Waals surface area contributed by atoms with Gasteiger partial charge < -0.3 is 14.6 Å². The van der Waals surface area contributed by atoms with Crippen molar-refractivity contribution in [2.75, 3.05) is 14.2 Å². The van der Waals surface area contributed by atoms with Gasteiger partial charge in [0.1, 0.15) is 5.75 Å². The summed E-state index contributed by atoms with van der Waals surface area (Å²) >= 11 is 4.49. The number of thiocarbonyl (C=S) groups is 1. The predicted molar refractivity (Wildman–Crippen MR) is 55.9 cm³/mol. The summed E-state index contributed by atoms with van der Waals surface area (Å²) in [6, 6.07) is 2.85. The molecule has 0 aliphatic heterocycles. The molecule has 0 radical (unpaired) electrons. The van der Waals surface area contributed by atoms with Gasteiger partial charge in [0.15, 0.2) is 17.2 Å². The van der Waals surface area contributed by atoms with Crippen molar-refractivity contribution in [2.24, 2.45) is 4.99 Å².